The highest BCUT2D eigenvalue weighted by molar-refractivity contribution is 5.85. The van der Waals surface area contributed by atoms with Gasteiger partial charge < -0.3 is 14.5 Å². The number of benzene rings is 2. The Kier molecular flexibility index (Phi) is 4.96. The van der Waals surface area contributed by atoms with Crippen LogP contribution in [0.1, 0.15) is 18.9 Å². The minimum Gasteiger partial charge on any atom is -0.493 e. The van der Waals surface area contributed by atoms with E-state index in [9.17, 15) is 0 Å². The van der Waals surface area contributed by atoms with Crippen molar-refractivity contribution in [1.82, 2.24) is 9.97 Å². The Morgan fingerprint density at radius 1 is 1.21 bits per heavy atom. The Morgan fingerprint density at radius 2 is 2.08 bits per heavy atom. The van der Waals surface area contributed by atoms with Crippen LogP contribution >= 0.6 is 0 Å². The lowest BCUT2D eigenvalue weighted by molar-refractivity contribution is 0.294. The van der Waals surface area contributed by atoms with Gasteiger partial charge >= 0.3 is 0 Å². The summed E-state index contributed by atoms with van der Waals surface area (Å²) >= 11 is 0. The average Bonchev–Trinajstić information content (AvgIpc) is 3.03. The number of hydrogen-bond acceptors (Lipinski definition) is 5. The molecule has 2 N–H and O–H groups in total. The number of anilines is 1. The standard InChI is InChI=1S/C18H20N4O2/c1-3-11-24-17-13(7-6-10-16(17)23-2)12-19-22-18-20-14-8-4-5-9-15(14)21-18/h4-10,12H,3,11H2,1-2H3,(H2,20,21,22)/b19-12-. The smallest absolute Gasteiger partial charge is 0.222 e. The van der Waals surface area contributed by atoms with Crippen molar-refractivity contribution < 1.29 is 9.47 Å². The van der Waals surface area contributed by atoms with E-state index in [0.717, 1.165) is 23.0 Å². The summed E-state index contributed by atoms with van der Waals surface area (Å²) in [5, 5.41) is 4.25. The Bertz CT molecular complexity index is 809. The van der Waals surface area contributed by atoms with Gasteiger partial charge in [-0.05, 0) is 30.7 Å². The van der Waals surface area contributed by atoms with Gasteiger partial charge in [0.05, 0.1) is 31.0 Å². The highest BCUT2D eigenvalue weighted by atomic mass is 16.5. The van der Waals surface area contributed by atoms with Gasteiger partial charge in [0.2, 0.25) is 5.95 Å². The van der Waals surface area contributed by atoms with E-state index in [1.807, 2.05) is 42.5 Å². The van der Waals surface area contributed by atoms with Crippen LogP contribution < -0.4 is 14.9 Å². The third-order valence-electron chi connectivity index (χ3n) is 3.44. The second-order valence-corrected chi connectivity index (χ2v) is 5.20. The molecule has 0 saturated heterocycles. The largest absolute Gasteiger partial charge is 0.493 e. The molecule has 24 heavy (non-hydrogen) atoms. The van der Waals surface area contributed by atoms with Crippen LogP contribution in [-0.4, -0.2) is 29.9 Å². The average molecular weight is 324 g/mol. The molecule has 0 radical (unpaired) electrons. The molecular weight excluding hydrogens is 304 g/mol. The number of hydrazone groups is 1. The molecule has 1 aromatic heterocycles. The van der Waals surface area contributed by atoms with Crippen molar-refractivity contribution in [2.75, 3.05) is 19.1 Å². The lowest BCUT2D eigenvalue weighted by Gasteiger charge is -2.12. The normalized spacial score (nSPS) is 11.1. The van der Waals surface area contributed by atoms with Crippen molar-refractivity contribution >= 4 is 23.2 Å². The first-order valence-corrected chi connectivity index (χ1v) is 7.85. The molecule has 3 aromatic rings. The van der Waals surface area contributed by atoms with Crippen molar-refractivity contribution in [3.05, 3.63) is 48.0 Å². The summed E-state index contributed by atoms with van der Waals surface area (Å²) in [6.45, 7) is 2.69. The molecule has 0 aliphatic rings. The van der Waals surface area contributed by atoms with Crippen LogP contribution in [0.3, 0.4) is 0 Å². The number of rotatable bonds is 7. The number of fused-ring (bicyclic) bond motifs is 1. The fraction of sp³-hybridized carbons (Fsp3) is 0.222. The van der Waals surface area contributed by atoms with Crippen molar-refractivity contribution in [3.63, 3.8) is 0 Å². The molecule has 6 heteroatoms. The molecule has 0 fully saturated rings. The number of aromatic amines is 1. The molecular formula is C18H20N4O2. The molecule has 1 heterocycles. The highest BCUT2D eigenvalue weighted by Gasteiger charge is 2.09. The summed E-state index contributed by atoms with van der Waals surface area (Å²) in [5.74, 6) is 1.97. The Morgan fingerprint density at radius 3 is 2.88 bits per heavy atom. The van der Waals surface area contributed by atoms with Crippen LogP contribution in [0.4, 0.5) is 5.95 Å². The van der Waals surface area contributed by atoms with E-state index in [4.69, 9.17) is 9.47 Å². The predicted molar refractivity (Wildman–Crippen MR) is 96.1 cm³/mol. The van der Waals surface area contributed by atoms with Gasteiger partial charge in [-0.15, -0.1) is 0 Å². The third-order valence-corrected chi connectivity index (χ3v) is 3.44. The Hall–Kier alpha value is -3.02. The van der Waals surface area contributed by atoms with Crippen LogP contribution in [0, 0.1) is 0 Å². The molecule has 0 saturated carbocycles. The maximum atomic E-state index is 5.79. The van der Waals surface area contributed by atoms with Crippen LogP contribution in [0.15, 0.2) is 47.6 Å². The van der Waals surface area contributed by atoms with Crippen LogP contribution in [-0.2, 0) is 0 Å². The SMILES string of the molecule is CCCOc1c(/C=N\Nc2nc3ccccc3[nH]2)cccc1OC. The second kappa shape index (κ2) is 7.50. The summed E-state index contributed by atoms with van der Waals surface area (Å²) in [4.78, 5) is 7.57. The Labute approximate surface area is 140 Å². The maximum Gasteiger partial charge on any atom is 0.222 e. The molecule has 0 aliphatic heterocycles. The molecule has 0 spiro atoms. The van der Waals surface area contributed by atoms with E-state index in [1.165, 1.54) is 0 Å². The number of hydrogen-bond donors (Lipinski definition) is 2. The van der Waals surface area contributed by atoms with Gasteiger partial charge in [-0.2, -0.15) is 5.10 Å². The zero-order valence-electron chi connectivity index (χ0n) is 13.7. The zero-order valence-corrected chi connectivity index (χ0v) is 13.7. The van der Waals surface area contributed by atoms with Crippen molar-refractivity contribution in [2.24, 2.45) is 5.10 Å². The lowest BCUT2D eigenvalue weighted by Crippen LogP contribution is -2.02. The van der Waals surface area contributed by atoms with Gasteiger partial charge in [-0.1, -0.05) is 25.1 Å². The van der Waals surface area contributed by atoms with E-state index in [-0.39, 0.29) is 0 Å². The van der Waals surface area contributed by atoms with E-state index < -0.39 is 0 Å². The lowest BCUT2D eigenvalue weighted by atomic mass is 10.2. The number of nitrogens with one attached hydrogen (secondary N) is 2. The third kappa shape index (κ3) is 3.48. The van der Waals surface area contributed by atoms with E-state index >= 15 is 0 Å². The fourth-order valence-corrected chi connectivity index (χ4v) is 2.32. The molecule has 6 nitrogen and oxygen atoms in total. The second-order valence-electron chi connectivity index (χ2n) is 5.20. The number of aromatic nitrogens is 2. The van der Waals surface area contributed by atoms with Gasteiger partial charge in [0, 0.05) is 5.56 Å². The van der Waals surface area contributed by atoms with Gasteiger partial charge in [-0.25, -0.2) is 10.4 Å². The number of H-pyrrole nitrogens is 1. The van der Waals surface area contributed by atoms with Crippen LogP contribution in [0.2, 0.25) is 0 Å². The quantitative estimate of drug-likeness (QED) is 0.512. The molecule has 3 rings (SSSR count). The molecule has 124 valence electrons. The number of ether oxygens (including phenoxy) is 2. The van der Waals surface area contributed by atoms with E-state index in [1.54, 1.807) is 13.3 Å². The highest BCUT2D eigenvalue weighted by Crippen LogP contribution is 2.30. The zero-order chi connectivity index (χ0) is 16.8. The molecule has 0 unspecified atom stereocenters. The van der Waals surface area contributed by atoms with Crippen molar-refractivity contribution in [3.8, 4) is 11.5 Å². The summed E-state index contributed by atoms with van der Waals surface area (Å²) in [6, 6.07) is 13.5. The van der Waals surface area contributed by atoms with Gasteiger partial charge in [0.25, 0.3) is 0 Å². The fourth-order valence-electron chi connectivity index (χ4n) is 2.32. The van der Waals surface area contributed by atoms with Gasteiger partial charge in [-0.3, -0.25) is 0 Å². The van der Waals surface area contributed by atoms with Gasteiger partial charge in [0.1, 0.15) is 0 Å². The van der Waals surface area contributed by atoms with Crippen molar-refractivity contribution in [1.29, 1.82) is 0 Å². The number of nitrogens with zero attached hydrogens (tertiary/aromatic N) is 2. The molecule has 2 aromatic carbocycles. The summed E-state index contributed by atoms with van der Waals surface area (Å²) in [5.41, 5.74) is 5.60. The number of methoxy groups -OCH3 is 1. The summed E-state index contributed by atoms with van der Waals surface area (Å²) < 4.78 is 11.2. The minimum atomic E-state index is 0.589. The van der Waals surface area contributed by atoms with Gasteiger partial charge in [0.15, 0.2) is 11.5 Å². The van der Waals surface area contributed by atoms with Crippen LogP contribution in [0.5, 0.6) is 11.5 Å². The Balaban J connectivity index is 1.78. The first-order valence-electron chi connectivity index (χ1n) is 7.85. The van der Waals surface area contributed by atoms with E-state index in [2.05, 4.69) is 27.4 Å². The maximum absolute atomic E-state index is 5.79. The number of imidazole rings is 1. The predicted octanol–water partition coefficient (Wildman–Crippen LogP) is 3.81. The van der Waals surface area contributed by atoms with Crippen molar-refractivity contribution in [2.45, 2.75) is 13.3 Å². The minimum absolute atomic E-state index is 0.589. The first kappa shape index (κ1) is 15.9. The van der Waals surface area contributed by atoms with E-state index in [0.29, 0.717) is 24.1 Å². The topological polar surface area (TPSA) is 71.5 Å². The molecule has 0 amide bonds. The molecule has 0 bridgehead atoms. The molecule has 0 aliphatic carbocycles. The van der Waals surface area contributed by atoms with Crippen LogP contribution in [0.25, 0.3) is 11.0 Å². The monoisotopic (exact) mass is 324 g/mol. The summed E-state index contributed by atoms with van der Waals surface area (Å²) in [7, 11) is 1.63. The summed E-state index contributed by atoms with van der Waals surface area (Å²) in [6.07, 6.45) is 2.62. The molecule has 0 atom stereocenters. The first-order chi connectivity index (χ1) is 11.8. The number of para-hydroxylation sites is 3.